The van der Waals surface area contributed by atoms with Gasteiger partial charge in [-0.1, -0.05) is 24.3 Å². The van der Waals surface area contributed by atoms with Crippen molar-refractivity contribution in [1.82, 2.24) is 0 Å². The Balaban J connectivity index is 2.42. The van der Waals surface area contributed by atoms with Gasteiger partial charge < -0.3 is 19.4 Å². The zero-order valence-corrected chi connectivity index (χ0v) is 10.7. The molecule has 2 aromatic rings. The summed E-state index contributed by atoms with van der Waals surface area (Å²) in [7, 11) is 3.16. The van der Waals surface area contributed by atoms with Gasteiger partial charge in [-0.15, -0.1) is 0 Å². The first-order valence-corrected chi connectivity index (χ1v) is 5.69. The summed E-state index contributed by atoms with van der Waals surface area (Å²) in [6.45, 7) is 0. The normalized spacial score (nSPS) is 10.0. The molecule has 0 atom stereocenters. The molecular weight excluding hydrogens is 244 g/mol. The van der Waals surface area contributed by atoms with Crippen LogP contribution in [0.15, 0.2) is 42.5 Å². The number of carbonyl (C=O) groups is 1. The van der Waals surface area contributed by atoms with Crippen LogP contribution in [0.5, 0.6) is 11.5 Å². The van der Waals surface area contributed by atoms with Crippen LogP contribution in [0.3, 0.4) is 0 Å². The van der Waals surface area contributed by atoms with Crippen LogP contribution in [0.25, 0.3) is 11.1 Å². The minimum Gasteiger partial charge on any atom is -0.545 e. The van der Waals surface area contributed by atoms with Crippen LogP contribution >= 0.6 is 0 Å². The molecule has 0 fully saturated rings. The van der Waals surface area contributed by atoms with Crippen LogP contribution < -0.4 is 14.6 Å². The number of carboxylic acids is 1. The number of ether oxygens (including phenoxy) is 2. The summed E-state index contributed by atoms with van der Waals surface area (Å²) >= 11 is 0. The quantitative estimate of drug-likeness (QED) is 0.837. The van der Waals surface area contributed by atoms with Crippen LogP contribution in [-0.4, -0.2) is 20.2 Å². The standard InChI is InChI=1S/C15H14O4/c1-18-13-7-12(8-14(9-13)19-2)10-3-5-11(6-4-10)15(16)17/h3-9H,1-2H3,(H,16,17)/p-1. The van der Waals surface area contributed by atoms with E-state index in [-0.39, 0.29) is 5.56 Å². The van der Waals surface area contributed by atoms with Crippen molar-refractivity contribution in [3.05, 3.63) is 48.0 Å². The average molecular weight is 257 g/mol. The van der Waals surface area contributed by atoms with Crippen molar-refractivity contribution in [2.24, 2.45) is 0 Å². The third-order valence-electron chi connectivity index (χ3n) is 2.81. The molecule has 0 unspecified atom stereocenters. The van der Waals surface area contributed by atoms with E-state index in [1.54, 1.807) is 32.4 Å². The number of benzene rings is 2. The third kappa shape index (κ3) is 2.85. The first-order valence-electron chi connectivity index (χ1n) is 5.69. The first-order chi connectivity index (χ1) is 9.13. The molecule has 0 heterocycles. The molecule has 0 radical (unpaired) electrons. The maximum atomic E-state index is 10.7. The van der Waals surface area contributed by atoms with E-state index in [0.29, 0.717) is 11.5 Å². The van der Waals surface area contributed by atoms with Crippen LogP contribution in [0.4, 0.5) is 0 Å². The summed E-state index contributed by atoms with van der Waals surface area (Å²) in [6, 6.07) is 12.0. The van der Waals surface area contributed by atoms with E-state index >= 15 is 0 Å². The molecule has 98 valence electrons. The van der Waals surface area contributed by atoms with Gasteiger partial charge in [0.05, 0.1) is 20.2 Å². The molecule has 4 heteroatoms. The zero-order chi connectivity index (χ0) is 13.8. The predicted octanol–water partition coefficient (Wildman–Crippen LogP) is 1.73. The van der Waals surface area contributed by atoms with Gasteiger partial charge in [-0.3, -0.25) is 0 Å². The van der Waals surface area contributed by atoms with Crippen molar-refractivity contribution in [1.29, 1.82) is 0 Å². The van der Waals surface area contributed by atoms with Gasteiger partial charge in [0.2, 0.25) is 0 Å². The van der Waals surface area contributed by atoms with Gasteiger partial charge in [0.15, 0.2) is 0 Å². The Bertz CT molecular complexity index is 565. The number of methoxy groups -OCH3 is 2. The molecule has 0 amide bonds. The molecule has 2 rings (SSSR count). The van der Waals surface area contributed by atoms with E-state index in [1.807, 2.05) is 12.1 Å². The molecule has 0 N–H and O–H groups in total. The number of carbonyl (C=O) groups excluding carboxylic acids is 1. The van der Waals surface area contributed by atoms with Gasteiger partial charge in [-0.25, -0.2) is 0 Å². The molecule has 0 aliphatic carbocycles. The van der Waals surface area contributed by atoms with Gasteiger partial charge >= 0.3 is 0 Å². The van der Waals surface area contributed by atoms with Crippen LogP contribution in [-0.2, 0) is 0 Å². The van der Waals surface area contributed by atoms with Gasteiger partial charge in [-0.05, 0) is 28.8 Å². The third-order valence-corrected chi connectivity index (χ3v) is 2.81. The first kappa shape index (κ1) is 13.0. The smallest absolute Gasteiger partial charge is 0.123 e. The second-order valence-electron chi connectivity index (χ2n) is 3.97. The number of rotatable bonds is 4. The van der Waals surface area contributed by atoms with Crippen molar-refractivity contribution in [2.45, 2.75) is 0 Å². The van der Waals surface area contributed by atoms with E-state index in [2.05, 4.69) is 0 Å². The van der Waals surface area contributed by atoms with Crippen LogP contribution in [0.2, 0.25) is 0 Å². The fourth-order valence-electron chi connectivity index (χ4n) is 1.77. The predicted molar refractivity (Wildman–Crippen MR) is 69.3 cm³/mol. The number of hydrogen-bond donors (Lipinski definition) is 0. The molecule has 0 saturated carbocycles. The van der Waals surface area contributed by atoms with Crippen LogP contribution in [0, 0.1) is 0 Å². The lowest BCUT2D eigenvalue weighted by molar-refractivity contribution is -0.255. The molecule has 0 saturated heterocycles. The fraction of sp³-hybridized carbons (Fsp3) is 0.133. The highest BCUT2D eigenvalue weighted by molar-refractivity contribution is 5.86. The van der Waals surface area contributed by atoms with Crippen molar-refractivity contribution in [3.63, 3.8) is 0 Å². The van der Waals surface area contributed by atoms with Gasteiger partial charge in [0.25, 0.3) is 0 Å². The van der Waals surface area contributed by atoms with Crippen LogP contribution in [0.1, 0.15) is 10.4 Å². The SMILES string of the molecule is COc1cc(OC)cc(-c2ccc(C(=O)[O-])cc2)c1. The van der Waals surface area contributed by atoms with Gasteiger partial charge in [-0.2, -0.15) is 0 Å². The molecule has 4 nitrogen and oxygen atoms in total. The summed E-state index contributed by atoms with van der Waals surface area (Å²) in [4.78, 5) is 10.7. The summed E-state index contributed by atoms with van der Waals surface area (Å²) in [5.41, 5.74) is 1.92. The van der Waals surface area contributed by atoms with Crippen molar-refractivity contribution in [3.8, 4) is 22.6 Å². The molecule has 19 heavy (non-hydrogen) atoms. The fourth-order valence-corrected chi connectivity index (χ4v) is 1.77. The lowest BCUT2D eigenvalue weighted by Gasteiger charge is -2.09. The largest absolute Gasteiger partial charge is 0.545 e. The number of carboxylic acid groups (broad SMARTS) is 1. The summed E-state index contributed by atoms with van der Waals surface area (Å²) in [6.07, 6.45) is 0. The Morgan fingerprint density at radius 2 is 1.42 bits per heavy atom. The number of hydrogen-bond acceptors (Lipinski definition) is 4. The number of aromatic carboxylic acids is 1. The Morgan fingerprint density at radius 1 is 0.895 bits per heavy atom. The Morgan fingerprint density at radius 3 is 1.84 bits per heavy atom. The minimum atomic E-state index is -1.19. The highest BCUT2D eigenvalue weighted by Crippen LogP contribution is 2.29. The summed E-state index contributed by atoms with van der Waals surface area (Å²) in [5, 5.41) is 10.7. The molecule has 2 aromatic carbocycles. The maximum Gasteiger partial charge on any atom is 0.123 e. The topological polar surface area (TPSA) is 58.6 Å². The molecular formula is C15H13O4-. The van der Waals surface area contributed by atoms with Crippen molar-refractivity contribution in [2.75, 3.05) is 14.2 Å². The molecule has 0 spiro atoms. The second kappa shape index (κ2) is 5.44. The lowest BCUT2D eigenvalue weighted by Crippen LogP contribution is -2.21. The van der Waals surface area contributed by atoms with Crippen molar-refractivity contribution >= 4 is 5.97 Å². The molecule has 0 bridgehead atoms. The van der Waals surface area contributed by atoms with E-state index in [0.717, 1.165) is 11.1 Å². The highest BCUT2D eigenvalue weighted by atomic mass is 16.5. The van der Waals surface area contributed by atoms with E-state index in [1.165, 1.54) is 12.1 Å². The Labute approximate surface area is 111 Å². The van der Waals surface area contributed by atoms with Gasteiger partial charge in [0, 0.05) is 6.07 Å². The second-order valence-corrected chi connectivity index (χ2v) is 3.97. The summed E-state index contributed by atoms with van der Waals surface area (Å²) < 4.78 is 10.4. The van der Waals surface area contributed by atoms with E-state index < -0.39 is 5.97 Å². The Hall–Kier alpha value is -2.49. The van der Waals surface area contributed by atoms with E-state index in [9.17, 15) is 9.90 Å². The highest BCUT2D eigenvalue weighted by Gasteiger charge is 2.04. The van der Waals surface area contributed by atoms with Gasteiger partial charge in [0.1, 0.15) is 11.5 Å². The van der Waals surface area contributed by atoms with Crippen molar-refractivity contribution < 1.29 is 19.4 Å². The molecule has 0 aliphatic rings. The minimum absolute atomic E-state index is 0.151. The maximum absolute atomic E-state index is 10.7. The zero-order valence-electron chi connectivity index (χ0n) is 10.7. The van der Waals surface area contributed by atoms with E-state index in [4.69, 9.17) is 9.47 Å². The lowest BCUT2D eigenvalue weighted by atomic mass is 10.0. The molecule has 0 aliphatic heterocycles. The Kier molecular flexibility index (Phi) is 3.71. The molecule has 0 aromatic heterocycles. The average Bonchev–Trinajstić information content (AvgIpc) is 2.46. The monoisotopic (exact) mass is 257 g/mol. The summed E-state index contributed by atoms with van der Waals surface area (Å²) in [5.74, 6) is 0.173.